The summed E-state index contributed by atoms with van der Waals surface area (Å²) in [5.41, 5.74) is 9.51. The maximum Gasteiger partial charge on any atom is 0.127 e. The van der Waals surface area contributed by atoms with Crippen molar-refractivity contribution >= 4 is 15.9 Å². The van der Waals surface area contributed by atoms with Gasteiger partial charge < -0.3 is 15.2 Å². The van der Waals surface area contributed by atoms with Gasteiger partial charge in [-0.25, -0.2) is 0 Å². The van der Waals surface area contributed by atoms with E-state index in [2.05, 4.69) is 22.0 Å². The molecule has 3 nitrogen and oxygen atoms in total. The zero-order valence-electron chi connectivity index (χ0n) is 11.8. The highest BCUT2D eigenvalue weighted by molar-refractivity contribution is 9.10. The lowest BCUT2D eigenvalue weighted by Crippen LogP contribution is -2.13. The fraction of sp³-hybridized carbons (Fsp3) is 0.250. The van der Waals surface area contributed by atoms with Gasteiger partial charge in [-0.2, -0.15) is 0 Å². The van der Waals surface area contributed by atoms with Crippen LogP contribution in [0.5, 0.6) is 11.5 Å². The minimum absolute atomic E-state index is 0.234. The summed E-state index contributed by atoms with van der Waals surface area (Å²) in [6.07, 6.45) is 0. The Kier molecular flexibility index (Phi) is 4.68. The maximum atomic E-state index is 6.37. The number of aryl methyl sites for hydroxylation is 1. The van der Waals surface area contributed by atoms with Crippen LogP contribution in [0.25, 0.3) is 0 Å². The van der Waals surface area contributed by atoms with Gasteiger partial charge >= 0.3 is 0 Å². The molecular weight excluding hydrogens is 318 g/mol. The molecule has 0 saturated heterocycles. The number of hydrogen-bond acceptors (Lipinski definition) is 3. The van der Waals surface area contributed by atoms with Gasteiger partial charge in [0, 0.05) is 16.1 Å². The van der Waals surface area contributed by atoms with E-state index in [1.165, 1.54) is 0 Å². The van der Waals surface area contributed by atoms with Crippen LogP contribution in [0.3, 0.4) is 0 Å². The molecule has 0 bridgehead atoms. The van der Waals surface area contributed by atoms with Crippen LogP contribution >= 0.6 is 15.9 Å². The maximum absolute atomic E-state index is 6.37. The monoisotopic (exact) mass is 335 g/mol. The zero-order chi connectivity index (χ0) is 14.7. The first-order valence-electron chi connectivity index (χ1n) is 6.30. The third kappa shape index (κ3) is 2.97. The van der Waals surface area contributed by atoms with Gasteiger partial charge in [0.05, 0.1) is 20.3 Å². The van der Waals surface area contributed by atoms with E-state index in [1.807, 2.05) is 37.3 Å². The number of benzene rings is 2. The van der Waals surface area contributed by atoms with Crippen molar-refractivity contribution in [2.75, 3.05) is 14.2 Å². The molecule has 0 aliphatic rings. The second-order valence-electron chi connectivity index (χ2n) is 4.59. The highest BCUT2D eigenvalue weighted by Gasteiger charge is 2.15. The van der Waals surface area contributed by atoms with Crippen LogP contribution in [-0.2, 0) is 0 Å². The Morgan fingerprint density at radius 1 is 1.05 bits per heavy atom. The molecule has 0 spiro atoms. The summed E-state index contributed by atoms with van der Waals surface area (Å²) in [4.78, 5) is 0. The van der Waals surface area contributed by atoms with E-state index in [4.69, 9.17) is 15.2 Å². The summed E-state index contributed by atoms with van der Waals surface area (Å²) in [6.45, 7) is 2.05. The van der Waals surface area contributed by atoms with Gasteiger partial charge in [0.2, 0.25) is 0 Å². The van der Waals surface area contributed by atoms with Crippen molar-refractivity contribution in [1.82, 2.24) is 0 Å². The van der Waals surface area contributed by atoms with Crippen molar-refractivity contribution in [3.8, 4) is 11.5 Å². The smallest absolute Gasteiger partial charge is 0.127 e. The van der Waals surface area contributed by atoms with Crippen LogP contribution in [0, 0.1) is 6.92 Å². The van der Waals surface area contributed by atoms with Gasteiger partial charge in [0.15, 0.2) is 0 Å². The van der Waals surface area contributed by atoms with E-state index in [0.29, 0.717) is 0 Å². The Balaban J connectivity index is 2.41. The second kappa shape index (κ2) is 6.29. The Morgan fingerprint density at radius 3 is 2.40 bits per heavy atom. The summed E-state index contributed by atoms with van der Waals surface area (Å²) in [6, 6.07) is 11.6. The first-order chi connectivity index (χ1) is 9.56. The topological polar surface area (TPSA) is 44.5 Å². The van der Waals surface area contributed by atoms with Crippen LogP contribution in [-0.4, -0.2) is 14.2 Å². The van der Waals surface area contributed by atoms with Gasteiger partial charge in [-0.1, -0.05) is 28.1 Å². The summed E-state index contributed by atoms with van der Waals surface area (Å²) >= 11 is 3.50. The molecule has 0 radical (unpaired) electrons. The lowest BCUT2D eigenvalue weighted by molar-refractivity contribution is 0.390. The van der Waals surface area contributed by atoms with E-state index in [0.717, 1.165) is 32.7 Å². The van der Waals surface area contributed by atoms with Gasteiger partial charge in [0.1, 0.15) is 11.5 Å². The molecule has 0 fully saturated rings. The summed E-state index contributed by atoms with van der Waals surface area (Å²) in [5.74, 6) is 1.49. The van der Waals surface area contributed by atoms with Crippen LogP contribution in [0.15, 0.2) is 40.9 Å². The fourth-order valence-corrected chi connectivity index (χ4v) is 2.36. The van der Waals surface area contributed by atoms with E-state index in [9.17, 15) is 0 Å². The molecule has 2 N–H and O–H groups in total. The third-order valence-corrected chi connectivity index (χ3v) is 4.21. The highest BCUT2D eigenvalue weighted by atomic mass is 79.9. The van der Waals surface area contributed by atoms with Gasteiger partial charge in [-0.15, -0.1) is 0 Å². The Morgan fingerprint density at radius 2 is 1.80 bits per heavy atom. The van der Waals surface area contributed by atoms with Crippen molar-refractivity contribution in [2.24, 2.45) is 5.73 Å². The van der Waals surface area contributed by atoms with Crippen LogP contribution in [0.2, 0.25) is 0 Å². The molecule has 0 heterocycles. The van der Waals surface area contributed by atoms with E-state index in [-0.39, 0.29) is 6.04 Å². The number of methoxy groups -OCH3 is 2. The van der Waals surface area contributed by atoms with Gasteiger partial charge in [-0.05, 0) is 36.2 Å². The molecule has 0 aromatic heterocycles. The molecule has 2 aromatic carbocycles. The molecule has 106 valence electrons. The van der Waals surface area contributed by atoms with Crippen LogP contribution < -0.4 is 15.2 Å². The molecule has 0 saturated carbocycles. The first kappa shape index (κ1) is 14.9. The molecule has 20 heavy (non-hydrogen) atoms. The molecule has 0 aliphatic carbocycles. The molecule has 2 rings (SSSR count). The molecular formula is C16H18BrNO2. The van der Waals surface area contributed by atoms with E-state index < -0.39 is 0 Å². The lowest BCUT2D eigenvalue weighted by atomic mass is 9.97. The second-order valence-corrected chi connectivity index (χ2v) is 5.45. The predicted molar refractivity (Wildman–Crippen MR) is 84.5 cm³/mol. The summed E-state index contributed by atoms with van der Waals surface area (Å²) in [5, 5.41) is 0. The molecule has 4 heteroatoms. The minimum Gasteiger partial charge on any atom is -0.497 e. The zero-order valence-corrected chi connectivity index (χ0v) is 13.4. The number of nitrogens with two attached hydrogens (primary N) is 1. The summed E-state index contributed by atoms with van der Waals surface area (Å²) < 4.78 is 11.7. The third-order valence-electron chi connectivity index (χ3n) is 3.32. The molecule has 2 aromatic rings. The standard InChI is InChI=1S/C16H18BrNO2/c1-10-8-11(4-7-14(10)17)16(18)13-6-5-12(19-2)9-15(13)20-3/h4-9,16H,18H2,1-3H3. The van der Waals surface area contributed by atoms with Crippen LogP contribution in [0.4, 0.5) is 0 Å². The van der Waals surface area contributed by atoms with Crippen molar-refractivity contribution in [1.29, 1.82) is 0 Å². The first-order valence-corrected chi connectivity index (χ1v) is 7.09. The number of ether oxygens (including phenoxy) is 2. The Hall–Kier alpha value is -1.52. The fourth-order valence-electron chi connectivity index (χ4n) is 2.12. The van der Waals surface area contributed by atoms with E-state index >= 15 is 0 Å². The van der Waals surface area contributed by atoms with Crippen molar-refractivity contribution < 1.29 is 9.47 Å². The average molecular weight is 336 g/mol. The largest absolute Gasteiger partial charge is 0.497 e. The molecule has 0 amide bonds. The SMILES string of the molecule is COc1ccc(C(N)c2ccc(Br)c(C)c2)c(OC)c1. The lowest BCUT2D eigenvalue weighted by Gasteiger charge is -2.17. The Bertz CT molecular complexity index is 613. The normalized spacial score (nSPS) is 12.1. The number of hydrogen-bond donors (Lipinski definition) is 1. The number of halogens is 1. The molecule has 1 unspecified atom stereocenters. The van der Waals surface area contributed by atoms with Crippen molar-refractivity contribution in [2.45, 2.75) is 13.0 Å². The summed E-state index contributed by atoms with van der Waals surface area (Å²) in [7, 11) is 3.27. The Labute approximate surface area is 127 Å². The van der Waals surface area contributed by atoms with Crippen molar-refractivity contribution in [3.63, 3.8) is 0 Å². The predicted octanol–water partition coefficient (Wildman–Crippen LogP) is 3.82. The molecule has 1 atom stereocenters. The number of rotatable bonds is 4. The van der Waals surface area contributed by atoms with Gasteiger partial charge in [-0.3, -0.25) is 0 Å². The van der Waals surface area contributed by atoms with E-state index in [1.54, 1.807) is 14.2 Å². The minimum atomic E-state index is -0.234. The van der Waals surface area contributed by atoms with Gasteiger partial charge in [0.25, 0.3) is 0 Å². The highest BCUT2D eigenvalue weighted by Crippen LogP contribution is 2.32. The van der Waals surface area contributed by atoms with Crippen molar-refractivity contribution in [3.05, 3.63) is 57.6 Å². The quantitative estimate of drug-likeness (QED) is 0.923. The molecule has 0 aliphatic heterocycles. The van der Waals surface area contributed by atoms with Crippen LogP contribution in [0.1, 0.15) is 22.7 Å². The average Bonchev–Trinajstić information content (AvgIpc) is 2.48.